The summed E-state index contributed by atoms with van der Waals surface area (Å²) in [6, 6.07) is 8.71. The third-order valence-electron chi connectivity index (χ3n) is 2.34. The lowest BCUT2D eigenvalue weighted by Gasteiger charge is -2.06. The normalized spacial score (nSPS) is 9.84. The molecule has 0 spiro atoms. The van der Waals surface area contributed by atoms with E-state index in [9.17, 15) is 13.6 Å². The van der Waals surface area contributed by atoms with E-state index < -0.39 is 6.43 Å². The van der Waals surface area contributed by atoms with Crippen molar-refractivity contribution in [3.05, 3.63) is 59.9 Å². The number of carbonyl (C=O) groups excluding carboxylic acids is 1. The van der Waals surface area contributed by atoms with Crippen LogP contribution in [0.4, 0.5) is 14.5 Å². The number of benzene rings is 1. The van der Waals surface area contributed by atoms with E-state index in [4.69, 9.17) is 0 Å². The number of pyridine rings is 1. The van der Waals surface area contributed by atoms with Gasteiger partial charge in [-0.3, -0.25) is 9.78 Å². The minimum atomic E-state index is -2.51. The summed E-state index contributed by atoms with van der Waals surface area (Å²) >= 11 is 0. The van der Waals surface area contributed by atoms with E-state index >= 15 is 0 Å². The summed E-state index contributed by atoms with van der Waals surface area (Å²) in [6.45, 7) is 0. The summed E-state index contributed by atoms with van der Waals surface area (Å²) in [5, 5.41) is 2.60. The van der Waals surface area contributed by atoms with Crippen LogP contribution in [0.15, 0.2) is 48.8 Å². The minimum Gasteiger partial charge on any atom is -0.322 e. The molecule has 0 aliphatic carbocycles. The molecule has 0 aliphatic heterocycles. The first kappa shape index (κ1) is 15.0. The van der Waals surface area contributed by atoms with Crippen LogP contribution in [0.1, 0.15) is 22.3 Å². The van der Waals surface area contributed by atoms with Crippen LogP contribution in [0.3, 0.4) is 0 Å². The quantitative estimate of drug-likeness (QED) is 0.934. The van der Waals surface area contributed by atoms with E-state index in [1.807, 2.05) is 0 Å². The molecule has 1 amide bonds. The van der Waals surface area contributed by atoms with Crippen LogP contribution in [0, 0.1) is 0 Å². The average molecular weight is 285 g/mol. The fraction of sp³-hybridized carbons (Fsp3) is 0.0769. The average Bonchev–Trinajstić information content (AvgIpc) is 2.40. The Labute approximate surface area is 115 Å². The highest BCUT2D eigenvalue weighted by Gasteiger charge is 2.08. The van der Waals surface area contributed by atoms with Crippen LogP contribution in [0.2, 0.25) is 0 Å². The fourth-order valence-corrected chi connectivity index (χ4v) is 1.41. The molecule has 0 bridgehead atoms. The molecule has 0 saturated carbocycles. The molecule has 100 valence electrons. The van der Waals surface area contributed by atoms with Gasteiger partial charge in [-0.05, 0) is 24.3 Å². The zero-order chi connectivity index (χ0) is 13.0. The molecule has 0 unspecified atom stereocenters. The van der Waals surface area contributed by atoms with E-state index in [1.54, 1.807) is 18.3 Å². The topological polar surface area (TPSA) is 42.0 Å². The number of rotatable bonds is 3. The van der Waals surface area contributed by atoms with E-state index in [1.165, 1.54) is 30.5 Å². The Morgan fingerprint density at radius 2 is 1.84 bits per heavy atom. The largest absolute Gasteiger partial charge is 0.322 e. The van der Waals surface area contributed by atoms with Crippen molar-refractivity contribution in [3.63, 3.8) is 0 Å². The molecule has 3 nitrogen and oxygen atoms in total. The summed E-state index contributed by atoms with van der Waals surface area (Å²) < 4.78 is 24.7. The summed E-state index contributed by atoms with van der Waals surface area (Å²) in [4.78, 5) is 15.6. The van der Waals surface area contributed by atoms with Crippen molar-refractivity contribution in [3.8, 4) is 0 Å². The molecule has 0 atom stereocenters. The molecule has 1 aromatic carbocycles. The van der Waals surface area contributed by atoms with Crippen molar-refractivity contribution in [2.45, 2.75) is 6.43 Å². The highest BCUT2D eigenvalue weighted by atomic mass is 35.5. The van der Waals surface area contributed by atoms with Gasteiger partial charge in [0.2, 0.25) is 0 Å². The number of aromatic nitrogens is 1. The van der Waals surface area contributed by atoms with Crippen LogP contribution in [-0.4, -0.2) is 10.9 Å². The molecule has 2 aromatic rings. The number of halogens is 3. The van der Waals surface area contributed by atoms with Crippen molar-refractivity contribution >= 4 is 24.0 Å². The third-order valence-corrected chi connectivity index (χ3v) is 2.34. The molecule has 0 aliphatic rings. The van der Waals surface area contributed by atoms with Gasteiger partial charge in [0.25, 0.3) is 12.3 Å². The van der Waals surface area contributed by atoms with Gasteiger partial charge in [-0.1, -0.05) is 12.1 Å². The molecular formula is C13H11ClF2N2O. The smallest absolute Gasteiger partial charge is 0.263 e. The van der Waals surface area contributed by atoms with Crippen molar-refractivity contribution in [1.82, 2.24) is 4.98 Å². The van der Waals surface area contributed by atoms with Crippen LogP contribution in [0.5, 0.6) is 0 Å². The predicted molar refractivity (Wildman–Crippen MR) is 70.8 cm³/mol. The van der Waals surface area contributed by atoms with Crippen molar-refractivity contribution in [2.24, 2.45) is 0 Å². The van der Waals surface area contributed by atoms with Gasteiger partial charge in [-0.15, -0.1) is 12.4 Å². The highest BCUT2D eigenvalue weighted by molar-refractivity contribution is 6.03. The molecule has 0 saturated heterocycles. The number of hydrogen-bond donors (Lipinski definition) is 1. The van der Waals surface area contributed by atoms with E-state index in [0.717, 1.165) is 0 Å². The van der Waals surface area contributed by atoms with Crippen LogP contribution < -0.4 is 5.32 Å². The van der Waals surface area contributed by atoms with Crippen LogP contribution in [0.25, 0.3) is 0 Å². The number of amides is 1. The van der Waals surface area contributed by atoms with Gasteiger partial charge in [0.05, 0.1) is 5.56 Å². The van der Waals surface area contributed by atoms with Gasteiger partial charge in [0.15, 0.2) is 0 Å². The third kappa shape index (κ3) is 3.99. The molecular weight excluding hydrogens is 274 g/mol. The molecule has 19 heavy (non-hydrogen) atoms. The zero-order valence-electron chi connectivity index (χ0n) is 9.72. The number of nitrogens with one attached hydrogen (secondary N) is 1. The number of nitrogens with zero attached hydrogens (tertiary/aromatic N) is 1. The summed E-state index contributed by atoms with van der Waals surface area (Å²) in [7, 11) is 0. The van der Waals surface area contributed by atoms with Crippen LogP contribution in [-0.2, 0) is 0 Å². The van der Waals surface area contributed by atoms with E-state index in [2.05, 4.69) is 10.3 Å². The Hall–Kier alpha value is -2.01. The second-order valence-electron chi connectivity index (χ2n) is 3.62. The van der Waals surface area contributed by atoms with Gasteiger partial charge in [-0.25, -0.2) is 8.78 Å². The van der Waals surface area contributed by atoms with Crippen LogP contribution >= 0.6 is 12.4 Å². The number of hydrogen-bond acceptors (Lipinski definition) is 2. The monoisotopic (exact) mass is 284 g/mol. The summed E-state index contributed by atoms with van der Waals surface area (Å²) in [5.74, 6) is -0.326. The van der Waals surface area contributed by atoms with Gasteiger partial charge >= 0.3 is 0 Å². The molecule has 6 heteroatoms. The fourth-order valence-electron chi connectivity index (χ4n) is 1.41. The first-order chi connectivity index (χ1) is 8.66. The van der Waals surface area contributed by atoms with E-state index in [-0.39, 0.29) is 23.9 Å². The summed E-state index contributed by atoms with van der Waals surface area (Å²) in [5.41, 5.74) is 0.804. The Morgan fingerprint density at radius 3 is 2.37 bits per heavy atom. The lowest BCUT2D eigenvalue weighted by atomic mass is 10.2. The Morgan fingerprint density at radius 1 is 1.16 bits per heavy atom. The van der Waals surface area contributed by atoms with Gasteiger partial charge in [0.1, 0.15) is 0 Å². The number of alkyl halides is 2. The second-order valence-corrected chi connectivity index (χ2v) is 3.62. The zero-order valence-corrected chi connectivity index (χ0v) is 10.5. The Balaban J connectivity index is 0.00000180. The van der Waals surface area contributed by atoms with Crippen molar-refractivity contribution < 1.29 is 13.6 Å². The molecule has 1 aromatic heterocycles. The van der Waals surface area contributed by atoms with E-state index in [0.29, 0.717) is 11.3 Å². The Bertz CT molecular complexity index is 532. The van der Waals surface area contributed by atoms with Gasteiger partial charge in [-0.2, -0.15) is 0 Å². The molecule has 2 rings (SSSR count). The SMILES string of the molecule is Cl.O=C(Nc1ccc(C(F)F)cc1)c1cccnc1. The predicted octanol–water partition coefficient (Wildman–Crippen LogP) is 3.69. The maximum atomic E-state index is 12.3. The first-order valence-electron chi connectivity index (χ1n) is 5.26. The second kappa shape index (κ2) is 6.80. The maximum absolute atomic E-state index is 12.3. The number of carbonyl (C=O) groups is 1. The van der Waals surface area contributed by atoms with Crippen molar-refractivity contribution in [2.75, 3.05) is 5.32 Å². The Kier molecular flexibility index (Phi) is 5.38. The molecule has 1 N–H and O–H groups in total. The lowest BCUT2D eigenvalue weighted by molar-refractivity contribution is 0.102. The molecule has 0 fully saturated rings. The summed E-state index contributed by atoms with van der Waals surface area (Å²) in [6.07, 6.45) is 0.491. The number of anilines is 1. The van der Waals surface area contributed by atoms with Crippen molar-refractivity contribution in [1.29, 1.82) is 0 Å². The minimum absolute atomic E-state index is 0. The molecule has 0 radical (unpaired) electrons. The lowest BCUT2D eigenvalue weighted by Crippen LogP contribution is -2.11. The standard InChI is InChI=1S/C13H10F2N2O.ClH/c14-12(15)9-3-5-11(6-4-9)17-13(18)10-2-1-7-16-8-10;/h1-8,12H,(H,17,18);1H. The highest BCUT2D eigenvalue weighted by Crippen LogP contribution is 2.20. The van der Waals surface area contributed by atoms with Gasteiger partial charge in [0, 0.05) is 23.6 Å². The first-order valence-corrected chi connectivity index (χ1v) is 5.26. The van der Waals surface area contributed by atoms with Gasteiger partial charge < -0.3 is 5.32 Å². The molecule has 1 heterocycles. The maximum Gasteiger partial charge on any atom is 0.263 e.